The predicted octanol–water partition coefficient (Wildman–Crippen LogP) is 2.71. The van der Waals surface area contributed by atoms with Crippen LogP contribution >= 0.6 is 11.6 Å². The molecule has 0 fully saturated rings. The van der Waals surface area contributed by atoms with E-state index in [1.807, 2.05) is 0 Å². The number of hydrogen-bond acceptors (Lipinski definition) is 1. The SMILES string of the molecule is NCCC(F)Cc1cc(F)ccc1Cl. The Morgan fingerprint density at radius 1 is 1.43 bits per heavy atom. The van der Waals surface area contributed by atoms with Gasteiger partial charge in [0.15, 0.2) is 0 Å². The van der Waals surface area contributed by atoms with Crippen LogP contribution in [0, 0.1) is 5.82 Å². The van der Waals surface area contributed by atoms with E-state index in [1.54, 1.807) is 0 Å². The van der Waals surface area contributed by atoms with E-state index in [2.05, 4.69) is 0 Å². The first-order valence-electron chi connectivity index (χ1n) is 4.41. The second-order valence-corrected chi connectivity index (χ2v) is 3.52. The highest BCUT2D eigenvalue weighted by Gasteiger charge is 2.10. The van der Waals surface area contributed by atoms with Crippen LogP contribution in [0.25, 0.3) is 0 Å². The molecule has 0 aliphatic heterocycles. The number of halogens is 3. The molecule has 2 N–H and O–H groups in total. The lowest BCUT2D eigenvalue weighted by Crippen LogP contribution is -2.12. The number of benzene rings is 1. The Kier molecular flexibility index (Phi) is 4.29. The Labute approximate surface area is 86.9 Å². The maximum Gasteiger partial charge on any atom is 0.123 e. The highest BCUT2D eigenvalue weighted by atomic mass is 35.5. The molecular weight excluding hydrogens is 208 g/mol. The normalized spacial score (nSPS) is 12.9. The van der Waals surface area contributed by atoms with E-state index >= 15 is 0 Å². The minimum Gasteiger partial charge on any atom is -0.330 e. The van der Waals surface area contributed by atoms with Crippen molar-refractivity contribution in [2.75, 3.05) is 6.54 Å². The molecular formula is C10H12ClF2N. The topological polar surface area (TPSA) is 26.0 Å². The van der Waals surface area contributed by atoms with Gasteiger partial charge in [-0.05, 0) is 36.7 Å². The van der Waals surface area contributed by atoms with E-state index in [0.717, 1.165) is 0 Å². The van der Waals surface area contributed by atoms with Gasteiger partial charge in [0.25, 0.3) is 0 Å². The summed E-state index contributed by atoms with van der Waals surface area (Å²) in [6.45, 7) is 0.286. The van der Waals surface area contributed by atoms with Crippen molar-refractivity contribution in [3.05, 3.63) is 34.6 Å². The standard InChI is InChI=1S/C10H12ClF2N/c11-10-2-1-8(12)5-7(10)6-9(13)3-4-14/h1-2,5,9H,3-4,6,14H2. The monoisotopic (exact) mass is 219 g/mol. The van der Waals surface area contributed by atoms with Crippen molar-refractivity contribution in [3.8, 4) is 0 Å². The maximum absolute atomic E-state index is 13.1. The first-order valence-corrected chi connectivity index (χ1v) is 4.79. The van der Waals surface area contributed by atoms with Gasteiger partial charge in [0.1, 0.15) is 12.0 Å². The minimum absolute atomic E-state index is 0.119. The van der Waals surface area contributed by atoms with Crippen LogP contribution in [-0.2, 0) is 6.42 Å². The Bertz CT molecular complexity index is 304. The highest BCUT2D eigenvalue weighted by molar-refractivity contribution is 6.31. The van der Waals surface area contributed by atoms with Crippen LogP contribution in [0.4, 0.5) is 8.78 Å². The summed E-state index contributed by atoms with van der Waals surface area (Å²) in [5.74, 6) is -0.399. The van der Waals surface area contributed by atoms with Crippen molar-refractivity contribution in [3.63, 3.8) is 0 Å². The van der Waals surface area contributed by atoms with Crippen LogP contribution < -0.4 is 5.73 Å². The molecule has 1 aromatic rings. The molecule has 0 amide bonds. The van der Waals surface area contributed by atoms with Crippen LogP contribution in [0.5, 0.6) is 0 Å². The van der Waals surface area contributed by atoms with Gasteiger partial charge in [-0.25, -0.2) is 8.78 Å². The van der Waals surface area contributed by atoms with Gasteiger partial charge in [-0.3, -0.25) is 0 Å². The lowest BCUT2D eigenvalue weighted by molar-refractivity contribution is 0.316. The predicted molar refractivity (Wildman–Crippen MR) is 53.7 cm³/mol. The second-order valence-electron chi connectivity index (χ2n) is 3.11. The summed E-state index contributed by atoms with van der Waals surface area (Å²) in [5, 5.41) is 0.395. The molecule has 0 aliphatic rings. The van der Waals surface area contributed by atoms with E-state index < -0.39 is 12.0 Å². The molecule has 14 heavy (non-hydrogen) atoms. The molecule has 0 spiro atoms. The molecule has 0 heterocycles. The second kappa shape index (κ2) is 5.27. The van der Waals surface area contributed by atoms with Crippen LogP contribution in [0.2, 0.25) is 5.02 Å². The zero-order chi connectivity index (χ0) is 10.6. The molecule has 1 nitrogen and oxygen atoms in total. The molecule has 0 bridgehead atoms. The summed E-state index contributed by atoms with van der Waals surface area (Å²) >= 11 is 5.78. The highest BCUT2D eigenvalue weighted by Crippen LogP contribution is 2.20. The molecule has 4 heteroatoms. The summed E-state index contributed by atoms with van der Waals surface area (Å²) in [6.07, 6.45) is -0.667. The van der Waals surface area contributed by atoms with Gasteiger partial charge in [0, 0.05) is 11.4 Å². The van der Waals surface area contributed by atoms with E-state index in [0.29, 0.717) is 10.6 Å². The Morgan fingerprint density at radius 3 is 2.79 bits per heavy atom. The van der Waals surface area contributed by atoms with Crippen molar-refractivity contribution in [1.82, 2.24) is 0 Å². The molecule has 1 unspecified atom stereocenters. The average molecular weight is 220 g/mol. The smallest absolute Gasteiger partial charge is 0.123 e. The molecule has 1 atom stereocenters. The summed E-state index contributed by atoms with van der Waals surface area (Å²) < 4.78 is 25.9. The van der Waals surface area contributed by atoms with E-state index in [1.165, 1.54) is 18.2 Å². The average Bonchev–Trinajstić information content (AvgIpc) is 2.12. The Morgan fingerprint density at radius 2 is 2.14 bits per heavy atom. The molecule has 0 aliphatic carbocycles. The quantitative estimate of drug-likeness (QED) is 0.828. The number of alkyl halides is 1. The largest absolute Gasteiger partial charge is 0.330 e. The Balaban J connectivity index is 2.70. The summed E-state index contributed by atoms with van der Waals surface area (Å²) in [6, 6.07) is 3.94. The number of nitrogens with two attached hydrogens (primary N) is 1. The molecule has 78 valence electrons. The maximum atomic E-state index is 13.1. The van der Waals surface area contributed by atoms with Gasteiger partial charge in [0.2, 0.25) is 0 Å². The van der Waals surface area contributed by atoms with Gasteiger partial charge >= 0.3 is 0 Å². The molecule has 1 aromatic carbocycles. The molecule has 0 aromatic heterocycles. The van der Waals surface area contributed by atoms with E-state index in [4.69, 9.17) is 17.3 Å². The Hall–Kier alpha value is -0.670. The third-order valence-corrected chi connectivity index (χ3v) is 2.30. The summed E-state index contributed by atoms with van der Waals surface area (Å²) in [5.41, 5.74) is 5.70. The first kappa shape index (κ1) is 11.4. The van der Waals surface area contributed by atoms with Crippen LogP contribution in [0.15, 0.2) is 18.2 Å². The lowest BCUT2D eigenvalue weighted by Gasteiger charge is -2.08. The lowest BCUT2D eigenvalue weighted by atomic mass is 10.1. The molecule has 0 saturated carbocycles. The minimum atomic E-state index is -1.06. The van der Waals surface area contributed by atoms with E-state index in [-0.39, 0.29) is 19.4 Å². The van der Waals surface area contributed by atoms with Gasteiger partial charge in [0.05, 0.1) is 0 Å². The summed E-state index contributed by atoms with van der Waals surface area (Å²) in [4.78, 5) is 0. The summed E-state index contributed by atoms with van der Waals surface area (Å²) in [7, 11) is 0. The van der Waals surface area contributed by atoms with E-state index in [9.17, 15) is 8.78 Å². The van der Waals surface area contributed by atoms with Crippen molar-refractivity contribution in [1.29, 1.82) is 0 Å². The fourth-order valence-corrected chi connectivity index (χ4v) is 1.42. The molecule has 0 radical (unpaired) electrons. The van der Waals surface area contributed by atoms with Gasteiger partial charge < -0.3 is 5.73 Å². The van der Waals surface area contributed by atoms with Crippen molar-refractivity contribution in [2.24, 2.45) is 5.73 Å². The van der Waals surface area contributed by atoms with Gasteiger partial charge in [-0.2, -0.15) is 0 Å². The molecule has 1 rings (SSSR count). The number of rotatable bonds is 4. The van der Waals surface area contributed by atoms with Crippen LogP contribution in [0.3, 0.4) is 0 Å². The third kappa shape index (κ3) is 3.24. The van der Waals surface area contributed by atoms with Crippen molar-refractivity contribution in [2.45, 2.75) is 19.0 Å². The zero-order valence-corrected chi connectivity index (χ0v) is 8.40. The van der Waals surface area contributed by atoms with Crippen molar-refractivity contribution < 1.29 is 8.78 Å². The fourth-order valence-electron chi connectivity index (χ4n) is 1.22. The molecule has 0 saturated heterocycles. The van der Waals surface area contributed by atoms with Crippen molar-refractivity contribution >= 4 is 11.6 Å². The first-order chi connectivity index (χ1) is 6.63. The zero-order valence-electron chi connectivity index (χ0n) is 7.64. The van der Waals surface area contributed by atoms with Crippen LogP contribution in [-0.4, -0.2) is 12.7 Å². The van der Waals surface area contributed by atoms with Gasteiger partial charge in [-0.1, -0.05) is 11.6 Å². The van der Waals surface area contributed by atoms with Crippen LogP contribution in [0.1, 0.15) is 12.0 Å². The number of hydrogen-bond donors (Lipinski definition) is 1. The third-order valence-electron chi connectivity index (χ3n) is 1.93. The fraction of sp³-hybridized carbons (Fsp3) is 0.400. The van der Waals surface area contributed by atoms with Gasteiger partial charge in [-0.15, -0.1) is 0 Å².